The molecule has 0 aliphatic heterocycles. The molecular weight excluding hydrogens is 244 g/mol. The summed E-state index contributed by atoms with van der Waals surface area (Å²) in [6.45, 7) is 5.66. The maximum absolute atomic E-state index is 11.2. The topological polar surface area (TPSA) is 17.1 Å². The molecular formula is C19H24O. The average Bonchev–Trinajstić information content (AvgIpc) is 2.51. The number of Topliss-reactive ketones (excluding diaryl/α,β-unsaturated/α-hetero) is 1. The molecule has 2 aromatic carbocycles. The van der Waals surface area contributed by atoms with Crippen LogP contribution in [0.1, 0.15) is 50.7 Å². The smallest absolute Gasteiger partial charge is 0.129 e. The Balaban J connectivity index is 0.000000956. The number of carbonyl (C=O) groups excluding carboxylic acids is 1. The third kappa shape index (κ3) is 5.00. The van der Waals surface area contributed by atoms with Crippen LogP contribution in [-0.2, 0) is 4.79 Å². The molecule has 0 aromatic heterocycles. The lowest BCUT2D eigenvalue weighted by Crippen LogP contribution is -2.03. The van der Waals surface area contributed by atoms with Crippen LogP contribution in [0.5, 0.6) is 0 Å². The normalized spacial score (nSPS) is 9.80. The standard InChI is InChI=1S/C17H18O.C2H6/c1-14(18)12-13-17(15-8-4-2-5-9-15)16-10-6-3-7-11-16;1-2/h2-11,17H,12-13H2,1H3;1-2H3. The first-order chi connectivity index (χ1) is 9.77. The number of hydrogen-bond donors (Lipinski definition) is 0. The van der Waals surface area contributed by atoms with E-state index < -0.39 is 0 Å². The van der Waals surface area contributed by atoms with Crippen molar-refractivity contribution in [2.75, 3.05) is 0 Å². The van der Waals surface area contributed by atoms with E-state index in [1.54, 1.807) is 6.92 Å². The summed E-state index contributed by atoms with van der Waals surface area (Å²) in [6.07, 6.45) is 1.51. The first-order valence-electron chi connectivity index (χ1n) is 7.36. The number of carbonyl (C=O) groups is 1. The highest BCUT2D eigenvalue weighted by molar-refractivity contribution is 5.75. The van der Waals surface area contributed by atoms with Crippen molar-refractivity contribution in [2.24, 2.45) is 0 Å². The second kappa shape index (κ2) is 9.08. The quantitative estimate of drug-likeness (QED) is 0.727. The molecule has 0 radical (unpaired) electrons. The molecule has 0 amide bonds. The van der Waals surface area contributed by atoms with Gasteiger partial charge in [-0.15, -0.1) is 0 Å². The SMILES string of the molecule is CC.CC(=O)CCC(c1ccccc1)c1ccccc1. The van der Waals surface area contributed by atoms with Crippen molar-refractivity contribution in [3.05, 3.63) is 71.8 Å². The first-order valence-corrected chi connectivity index (χ1v) is 7.36. The first kappa shape index (κ1) is 16.2. The van der Waals surface area contributed by atoms with Gasteiger partial charge in [0.05, 0.1) is 0 Å². The summed E-state index contributed by atoms with van der Waals surface area (Å²) in [5, 5.41) is 0. The fourth-order valence-corrected chi connectivity index (χ4v) is 2.24. The van der Waals surface area contributed by atoms with E-state index in [0.29, 0.717) is 12.3 Å². The highest BCUT2D eigenvalue weighted by atomic mass is 16.1. The third-order valence-electron chi connectivity index (χ3n) is 3.19. The second-order valence-electron chi connectivity index (χ2n) is 4.61. The van der Waals surface area contributed by atoms with E-state index in [9.17, 15) is 4.79 Å². The van der Waals surface area contributed by atoms with Crippen LogP contribution in [0.3, 0.4) is 0 Å². The minimum atomic E-state index is 0.256. The van der Waals surface area contributed by atoms with Gasteiger partial charge in [0.25, 0.3) is 0 Å². The van der Waals surface area contributed by atoms with Crippen molar-refractivity contribution in [1.82, 2.24) is 0 Å². The predicted molar refractivity (Wildman–Crippen MR) is 86.0 cm³/mol. The van der Waals surface area contributed by atoms with Gasteiger partial charge in [0.1, 0.15) is 5.78 Å². The van der Waals surface area contributed by atoms with Crippen molar-refractivity contribution >= 4 is 5.78 Å². The van der Waals surface area contributed by atoms with Crippen molar-refractivity contribution in [3.63, 3.8) is 0 Å². The zero-order chi connectivity index (χ0) is 14.8. The molecule has 0 aliphatic carbocycles. The molecule has 0 unspecified atom stereocenters. The molecule has 0 saturated heterocycles. The van der Waals surface area contributed by atoms with Gasteiger partial charge in [-0.1, -0.05) is 74.5 Å². The number of benzene rings is 2. The Hall–Kier alpha value is -1.89. The summed E-state index contributed by atoms with van der Waals surface area (Å²) in [4.78, 5) is 11.2. The van der Waals surface area contributed by atoms with Crippen LogP contribution in [0.4, 0.5) is 0 Å². The summed E-state index contributed by atoms with van der Waals surface area (Å²) < 4.78 is 0. The minimum Gasteiger partial charge on any atom is -0.300 e. The molecule has 0 saturated carbocycles. The molecule has 0 N–H and O–H groups in total. The Morgan fingerprint density at radius 1 is 0.850 bits per heavy atom. The Morgan fingerprint density at radius 3 is 1.60 bits per heavy atom. The van der Waals surface area contributed by atoms with Gasteiger partial charge in [0, 0.05) is 12.3 Å². The van der Waals surface area contributed by atoms with Gasteiger partial charge in [0.15, 0.2) is 0 Å². The largest absolute Gasteiger partial charge is 0.300 e. The van der Waals surface area contributed by atoms with Gasteiger partial charge in [0.2, 0.25) is 0 Å². The van der Waals surface area contributed by atoms with Crippen molar-refractivity contribution < 1.29 is 4.79 Å². The van der Waals surface area contributed by atoms with Gasteiger partial charge in [-0.2, -0.15) is 0 Å². The minimum absolute atomic E-state index is 0.256. The van der Waals surface area contributed by atoms with Crippen molar-refractivity contribution in [3.8, 4) is 0 Å². The summed E-state index contributed by atoms with van der Waals surface area (Å²) in [5.74, 6) is 0.572. The fraction of sp³-hybridized carbons (Fsp3) is 0.316. The summed E-state index contributed by atoms with van der Waals surface area (Å²) in [6, 6.07) is 20.8. The van der Waals surface area contributed by atoms with Crippen molar-refractivity contribution in [1.29, 1.82) is 0 Å². The molecule has 106 valence electrons. The van der Waals surface area contributed by atoms with E-state index in [1.165, 1.54) is 11.1 Å². The number of hydrogen-bond acceptors (Lipinski definition) is 1. The molecule has 2 aromatic rings. The lowest BCUT2D eigenvalue weighted by atomic mass is 9.87. The molecule has 0 atom stereocenters. The van der Waals surface area contributed by atoms with Gasteiger partial charge in [-0.05, 0) is 24.5 Å². The zero-order valence-corrected chi connectivity index (χ0v) is 12.7. The number of rotatable bonds is 5. The summed E-state index contributed by atoms with van der Waals surface area (Å²) in [7, 11) is 0. The van der Waals surface area contributed by atoms with Crippen LogP contribution < -0.4 is 0 Å². The van der Waals surface area contributed by atoms with Crippen LogP contribution in [0.2, 0.25) is 0 Å². The van der Waals surface area contributed by atoms with Crippen LogP contribution in [0.25, 0.3) is 0 Å². The Labute approximate surface area is 122 Å². The Morgan fingerprint density at radius 2 is 1.25 bits per heavy atom. The van der Waals surface area contributed by atoms with E-state index >= 15 is 0 Å². The Bertz CT molecular complexity index is 448. The van der Waals surface area contributed by atoms with E-state index in [1.807, 2.05) is 26.0 Å². The van der Waals surface area contributed by atoms with Crippen LogP contribution in [0, 0.1) is 0 Å². The van der Waals surface area contributed by atoms with E-state index in [0.717, 1.165) is 6.42 Å². The highest BCUT2D eigenvalue weighted by Gasteiger charge is 2.14. The molecule has 20 heavy (non-hydrogen) atoms. The predicted octanol–water partition coefficient (Wildman–Crippen LogP) is 5.21. The molecule has 1 heteroatoms. The zero-order valence-electron chi connectivity index (χ0n) is 12.7. The van der Waals surface area contributed by atoms with E-state index in [2.05, 4.69) is 48.5 Å². The summed E-state index contributed by atoms with van der Waals surface area (Å²) in [5.41, 5.74) is 2.56. The van der Waals surface area contributed by atoms with Crippen LogP contribution in [0.15, 0.2) is 60.7 Å². The molecule has 0 heterocycles. The maximum Gasteiger partial charge on any atom is 0.129 e. The third-order valence-corrected chi connectivity index (χ3v) is 3.19. The molecule has 0 spiro atoms. The molecule has 0 fully saturated rings. The molecule has 0 bridgehead atoms. The maximum atomic E-state index is 11.2. The second-order valence-corrected chi connectivity index (χ2v) is 4.61. The van der Waals surface area contributed by atoms with Gasteiger partial charge >= 0.3 is 0 Å². The van der Waals surface area contributed by atoms with E-state index in [4.69, 9.17) is 0 Å². The lowest BCUT2D eigenvalue weighted by molar-refractivity contribution is -0.117. The van der Waals surface area contributed by atoms with Crippen LogP contribution >= 0.6 is 0 Å². The molecule has 0 aliphatic rings. The Kier molecular flexibility index (Phi) is 7.34. The fourth-order valence-electron chi connectivity index (χ4n) is 2.24. The lowest BCUT2D eigenvalue weighted by Gasteiger charge is -2.17. The summed E-state index contributed by atoms with van der Waals surface area (Å²) >= 11 is 0. The van der Waals surface area contributed by atoms with Gasteiger partial charge in [-0.3, -0.25) is 0 Å². The van der Waals surface area contributed by atoms with Gasteiger partial charge < -0.3 is 4.79 Å². The number of ketones is 1. The van der Waals surface area contributed by atoms with Crippen LogP contribution in [-0.4, -0.2) is 5.78 Å². The average molecular weight is 268 g/mol. The monoisotopic (exact) mass is 268 g/mol. The van der Waals surface area contributed by atoms with Gasteiger partial charge in [-0.25, -0.2) is 0 Å². The van der Waals surface area contributed by atoms with E-state index in [-0.39, 0.29) is 5.78 Å². The highest BCUT2D eigenvalue weighted by Crippen LogP contribution is 2.28. The molecule has 2 rings (SSSR count). The van der Waals surface area contributed by atoms with Crippen molar-refractivity contribution in [2.45, 2.75) is 39.5 Å². The molecule has 1 nitrogen and oxygen atoms in total.